The molecule has 0 bridgehead atoms. The van der Waals surface area contributed by atoms with Crippen molar-refractivity contribution in [2.45, 2.75) is 18.9 Å². The molecule has 0 aliphatic carbocycles. The van der Waals surface area contributed by atoms with Gasteiger partial charge in [-0.1, -0.05) is 30.3 Å². The van der Waals surface area contributed by atoms with Gasteiger partial charge in [-0.15, -0.1) is 0 Å². The first-order chi connectivity index (χ1) is 14.1. The summed E-state index contributed by atoms with van der Waals surface area (Å²) in [5.41, 5.74) is 0.730. The molecule has 150 valence electrons. The number of nitrogens with zero attached hydrogens (tertiary/aromatic N) is 1. The van der Waals surface area contributed by atoms with Crippen LogP contribution in [0.15, 0.2) is 54.3 Å². The smallest absolute Gasteiger partial charge is 0.294 e. The number of carbonyl (C=O) groups is 2. The fraction of sp³-hybridized carbons (Fsp3) is 0.273. The van der Waals surface area contributed by atoms with Crippen LogP contribution < -0.4 is 15.0 Å². The van der Waals surface area contributed by atoms with Gasteiger partial charge in [0.25, 0.3) is 5.91 Å². The molecule has 2 aliphatic rings. The van der Waals surface area contributed by atoms with Gasteiger partial charge < -0.3 is 14.8 Å². The summed E-state index contributed by atoms with van der Waals surface area (Å²) >= 11 is 0. The minimum atomic E-state index is -0.501. The lowest BCUT2D eigenvalue weighted by Gasteiger charge is -2.30. The van der Waals surface area contributed by atoms with Crippen LogP contribution in [0.2, 0.25) is 0 Å². The Hall–Kier alpha value is -3.19. The van der Waals surface area contributed by atoms with E-state index in [2.05, 4.69) is 5.32 Å². The minimum Gasteiger partial charge on any atom is -0.449 e. The average molecular weight is 396 g/mol. The highest BCUT2D eigenvalue weighted by atomic mass is 19.1. The third-order valence-electron chi connectivity index (χ3n) is 4.88. The number of fused-ring (bicyclic) bond motifs is 1. The number of para-hydroxylation sites is 2. The first kappa shape index (κ1) is 19.1. The molecule has 2 aromatic rings. The summed E-state index contributed by atoms with van der Waals surface area (Å²) in [6.45, 7) is 0.956. The molecule has 1 atom stereocenters. The first-order valence-corrected chi connectivity index (χ1v) is 9.55. The molecule has 7 heteroatoms. The van der Waals surface area contributed by atoms with E-state index in [0.29, 0.717) is 24.6 Å². The Bertz CT molecular complexity index is 953. The summed E-state index contributed by atoms with van der Waals surface area (Å²) in [5.74, 6) is -0.867. The van der Waals surface area contributed by atoms with Crippen molar-refractivity contribution in [1.29, 1.82) is 0 Å². The maximum atomic E-state index is 14.0. The zero-order valence-corrected chi connectivity index (χ0v) is 15.8. The van der Waals surface area contributed by atoms with Gasteiger partial charge in [-0.3, -0.25) is 14.5 Å². The van der Waals surface area contributed by atoms with Crippen molar-refractivity contribution in [3.05, 3.63) is 65.7 Å². The summed E-state index contributed by atoms with van der Waals surface area (Å²) in [6, 6.07) is 13.0. The standard InChI is InChI=1S/C22H21FN2O4/c23-17-8-2-1-6-15(17)12-20-22(27)25(18-9-3-4-10-19(18)29-20)14-21(26)24-13-16-7-5-11-28-16/h1-4,6,8-10,12,16H,5,7,11,13-14H2,(H,24,26)/b20-12-/t16-/m0/s1. The third kappa shape index (κ3) is 4.30. The molecule has 1 saturated heterocycles. The maximum Gasteiger partial charge on any atom is 0.294 e. The molecular weight excluding hydrogens is 375 g/mol. The Kier molecular flexibility index (Phi) is 5.57. The first-order valence-electron chi connectivity index (χ1n) is 9.55. The highest BCUT2D eigenvalue weighted by molar-refractivity contribution is 6.12. The number of rotatable bonds is 5. The van der Waals surface area contributed by atoms with E-state index >= 15 is 0 Å². The normalized spacial score (nSPS) is 19.8. The number of anilines is 1. The Morgan fingerprint density at radius 3 is 2.79 bits per heavy atom. The summed E-state index contributed by atoms with van der Waals surface area (Å²) in [4.78, 5) is 26.8. The minimum absolute atomic E-state index is 0.0168. The number of nitrogens with one attached hydrogen (secondary N) is 1. The second kappa shape index (κ2) is 8.45. The largest absolute Gasteiger partial charge is 0.449 e. The number of halogens is 1. The molecule has 1 fully saturated rings. The van der Waals surface area contributed by atoms with Gasteiger partial charge in [0, 0.05) is 18.7 Å². The van der Waals surface area contributed by atoms with Crippen molar-refractivity contribution in [1.82, 2.24) is 5.32 Å². The maximum absolute atomic E-state index is 14.0. The van der Waals surface area contributed by atoms with Gasteiger partial charge in [-0.05, 0) is 37.1 Å². The lowest BCUT2D eigenvalue weighted by Crippen LogP contribution is -2.45. The zero-order chi connectivity index (χ0) is 20.2. The molecule has 0 aromatic heterocycles. The molecule has 2 amide bonds. The number of carbonyl (C=O) groups excluding carboxylic acids is 2. The van der Waals surface area contributed by atoms with Gasteiger partial charge >= 0.3 is 0 Å². The highest BCUT2D eigenvalue weighted by Gasteiger charge is 2.32. The van der Waals surface area contributed by atoms with Crippen molar-refractivity contribution < 1.29 is 23.5 Å². The molecule has 0 saturated carbocycles. The summed E-state index contributed by atoms with van der Waals surface area (Å²) in [6.07, 6.45) is 3.27. The molecule has 0 spiro atoms. The molecule has 1 N–H and O–H groups in total. The fourth-order valence-electron chi connectivity index (χ4n) is 3.39. The van der Waals surface area contributed by atoms with Crippen LogP contribution in [-0.2, 0) is 14.3 Å². The van der Waals surface area contributed by atoms with Gasteiger partial charge in [0.1, 0.15) is 12.4 Å². The predicted octanol–water partition coefficient (Wildman–Crippen LogP) is 2.89. The predicted molar refractivity (Wildman–Crippen MR) is 106 cm³/mol. The van der Waals surface area contributed by atoms with E-state index in [4.69, 9.17) is 9.47 Å². The van der Waals surface area contributed by atoms with Crippen LogP contribution in [0.25, 0.3) is 6.08 Å². The van der Waals surface area contributed by atoms with Gasteiger partial charge in [-0.25, -0.2) is 4.39 Å². The van der Waals surface area contributed by atoms with E-state index in [1.54, 1.807) is 42.5 Å². The van der Waals surface area contributed by atoms with E-state index < -0.39 is 11.7 Å². The molecule has 29 heavy (non-hydrogen) atoms. The monoisotopic (exact) mass is 396 g/mol. The molecule has 0 radical (unpaired) electrons. The van der Waals surface area contributed by atoms with E-state index in [9.17, 15) is 14.0 Å². The van der Waals surface area contributed by atoms with Gasteiger partial charge in [0.15, 0.2) is 11.5 Å². The quantitative estimate of drug-likeness (QED) is 0.790. The zero-order valence-electron chi connectivity index (χ0n) is 15.8. The van der Waals surface area contributed by atoms with E-state index in [-0.39, 0.29) is 29.9 Å². The third-order valence-corrected chi connectivity index (χ3v) is 4.88. The summed E-state index contributed by atoms with van der Waals surface area (Å²) < 4.78 is 25.2. The number of hydrogen-bond acceptors (Lipinski definition) is 4. The van der Waals surface area contributed by atoms with Crippen LogP contribution in [0.4, 0.5) is 10.1 Å². The van der Waals surface area contributed by atoms with Gasteiger partial charge in [0.05, 0.1) is 11.8 Å². The lowest BCUT2D eigenvalue weighted by atomic mass is 10.1. The van der Waals surface area contributed by atoms with Crippen LogP contribution in [-0.4, -0.2) is 37.6 Å². The van der Waals surface area contributed by atoms with Crippen LogP contribution in [0, 0.1) is 5.82 Å². The van der Waals surface area contributed by atoms with Crippen molar-refractivity contribution in [3.63, 3.8) is 0 Å². The van der Waals surface area contributed by atoms with Crippen LogP contribution in [0.5, 0.6) is 5.75 Å². The number of benzene rings is 2. The van der Waals surface area contributed by atoms with E-state index in [1.165, 1.54) is 17.0 Å². The molecule has 6 nitrogen and oxygen atoms in total. The van der Waals surface area contributed by atoms with Crippen LogP contribution in [0.3, 0.4) is 0 Å². The molecule has 2 heterocycles. The van der Waals surface area contributed by atoms with Crippen molar-refractivity contribution in [3.8, 4) is 5.75 Å². The second-order valence-electron chi connectivity index (χ2n) is 6.93. The van der Waals surface area contributed by atoms with Crippen molar-refractivity contribution in [2.75, 3.05) is 24.6 Å². The van der Waals surface area contributed by atoms with Gasteiger partial charge in [-0.2, -0.15) is 0 Å². The Labute approximate surface area is 167 Å². The Morgan fingerprint density at radius 2 is 2.00 bits per heavy atom. The number of hydrogen-bond donors (Lipinski definition) is 1. The van der Waals surface area contributed by atoms with E-state index in [0.717, 1.165) is 12.8 Å². The van der Waals surface area contributed by atoms with Gasteiger partial charge in [0.2, 0.25) is 5.91 Å². The molecule has 4 rings (SSSR count). The molecular formula is C22H21FN2O4. The van der Waals surface area contributed by atoms with Crippen molar-refractivity contribution in [2.24, 2.45) is 0 Å². The number of amides is 2. The second-order valence-corrected chi connectivity index (χ2v) is 6.93. The summed E-state index contributed by atoms with van der Waals surface area (Å²) in [7, 11) is 0. The van der Waals surface area contributed by atoms with E-state index in [1.807, 2.05) is 0 Å². The summed E-state index contributed by atoms with van der Waals surface area (Å²) in [5, 5.41) is 2.82. The highest BCUT2D eigenvalue weighted by Crippen LogP contribution is 2.35. The van der Waals surface area contributed by atoms with Crippen LogP contribution >= 0.6 is 0 Å². The SMILES string of the molecule is O=C(CN1C(=O)/C(=C/c2ccccc2F)Oc2ccccc21)NC[C@@H]1CCCO1. The fourth-order valence-corrected chi connectivity index (χ4v) is 3.39. The van der Waals surface area contributed by atoms with Crippen molar-refractivity contribution >= 4 is 23.6 Å². The molecule has 2 aliphatic heterocycles. The Morgan fingerprint density at radius 1 is 1.21 bits per heavy atom. The number of ether oxygens (including phenoxy) is 2. The lowest BCUT2D eigenvalue weighted by molar-refractivity contribution is -0.123. The molecule has 0 unspecified atom stereocenters. The average Bonchev–Trinajstić information content (AvgIpc) is 3.25. The Balaban J connectivity index is 1.55. The topological polar surface area (TPSA) is 67.9 Å². The van der Waals surface area contributed by atoms with Crippen LogP contribution in [0.1, 0.15) is 18.4 Å². The molecule has 2 aromatic carbocycles.